The van der Waals surface area contributed by atoms with E-state index in [4.69, 9.17) is 28.9 Å². The van der Waals surface area contributed by atoms with Gasteiger partial charge in [0, 0.05) is 6.04 Å². The quantitative estimate of drug-likeness (QED) is 0.828. The molecule has 1 nitrogen and oxygen atoms in total. The highest BCUT2D eigenvalue weighted by molar-refractivity contribution is 6.42. The molecule has 0 aliphatic rings. The highest BCUT2D eigenvalue weighted by Gasteiger charge is 2.16. The van der Waals surface area contributed by atoms with Gasteiger partial charge in [-0.15, -0.1) is 0 Å². The van der Waals surface area contributed by atoms with Crippen LogP contribution in [0.15, 0.2) is 18.2 Å². The third-order valence-electron chi connectivity index (χ3n) is 2.59. The van der Waals surface area contributed by atoms with Crippen molar-refractivity contribution in [1.82, 2.24) is 0 Å². The molecule has 0 fully saturated rings. The average Bonchev–Trinajstić information content (AvgIpc) is 2.17. The van der Waals surface area contributed by atoms with Crippen molar-refractivity contribution in [3.8, 4) is 0 Å². The second kappa shape index (κ2) is 5.39. The van der Waals surface area contributed by atoms with Gasteiger partial charge in [-0.3, -0.25) is 0 Å². The zero-order chi connectivity index (χ0) is 12.3. The van der Waals surface area contributed by atoms with Gasteiger partial charge in [0.15, 0.2) is 0 Å². The smallest absolute Gasteiger partial charge is 0.0639 e. The Kier molecular flexibility index (Phi) is 4.66. The maximum Gasteiger partial charge on any atom is 0.0639 e. The molecule has 1 rings (SSSR count). The first-order valence-corrected chi connectivity index (χ1v) is 6.26. The first-order chi connectivity index (χ1) is 7.31. The average molecular weight is 260 g/mol. The Bertz CT molecular complexity index is 355. The van der Waals surface area contributed by atoms with Crippen LogP contribution in [-0.2, 0) is 0 Å². The molecule has 2 N–H and O–H groups in total. The SMILES string of the molecule is CC(C)(C)CCC(N)c1cccc(Cl)c1Cl. The molecule has 3 heteroatoms. The Morgan fingerprint density at radius 3 is 2.44 bits per heavy atom. The number of hydrogen-bond donors (Lipinski definition) is 1. The van der Waals surface area contributed by atoms with Gasteiger partial charge < -0.3 is 5.73 Å². The Hall–Kier alpha value is -0.240. The third-order valence-corrected chi connectivity index (χ3v) is 3.42. The number of halogens is 2. The van der Waals surface area contributed by atoms with E-state index < -0.39 is 0 Å². The summed E-state index contributed by atoms with van der Waals surface area (Å²) in [5, 5.41) is 1.16. The van der Waals surface area contributed by atoms with E-state index in [9.17, 15) is 0 Å². The van der Waals surface area contributed by atoms with Gasteiger partial charge in [-0.05, 0) is 29.9 Å². The number of rotatable bonds is 3. The van der Waals surface area contributed by atoms with Crippen LogP contribution >= 0.6 is 23.2 Å². The van der Waals surface area contributed by atoms with Crippen LogP contribution in [0.25, 0.3) is 0 Å². The van der Waals surface area contributed by atoms with E-state index in [-0.39, 0.29) is 6.04 Å². The van der Waals surface area contributed by atoms with Gasteiger partial charge in [-0.25, -0.2) is 0 Å². The van der Waals surface area contributed by atoms with Crippen LogP contribution in [0.2, 0.25) is 10.0 Å². The zero-order valence-electron chi connectivity index (χ0n) is 10.1. The highest BCUT2D eigenvalue weighted by Crippen LogP contribution is 2.32. The Balaban J connectivity index is 2.73. The van der Waals surface area contributed by atoms with Crippen molar-refractivity contribution in [2.75, 3.05) is 0 Å². The molecule has 0 spiro atoms. The largest absolute Gasteiger partial charge is 0.324 e. The molecule has 90 valence electrons. The van der Waals surface area contributed by atoms with Crippen molar-refractivity contribution in [1.29, 1.82) is 0 Å². The van der Waals surface area contributed by atoms with Gasteiger partial charge >= 0.3 is 0 Å². The van der Waals surface area contributed by atoms with E-state index in [1.54, 1.807) is 6.07 Å². The van der Waals surface area contributed by atoms with Crippen LogP contribution < -0.4 is 5.73 Å². The van der Waals surface area contributed by atoms with Crippen molar-refractivity contribution in [2.24, 2.45) is 11.1 Å². The van der Waals surface area contributed by atoms with E-state index in [0.29, 0.717) is 15.5 Å². The second-order valence-electron chi connectivity index (χ2n) is 5.35. The second-order valence-corrected chi connectivity index (χ2v) is 6.13. The molecule has 0 aliphatic carbocycles. The molecule has 1 aromatic carbocycles. The Labute approximate surface area is 108 Å². The van der Waals surface area contributed by atoms with E-state index in [1.807, 2.05) is 12.1 Å². The maximum atomic E-state index is 6.13. The lowest BCUT2D eigenvalue weighted by Crippen LogP contribution is -2.15. The first kappa shape index (κ1) is 13.8. The van der Waals surface area contributed by atoms with Gasteiger partial charge in [0.2, 0.25) is 0 Å². The fourth-order valence-electron chi connectivity index (χ4n) is 1.55. The van der Waals surface area contributed by atoms with E-state index in [0.717, 1.165) is 18.4 Å². The van der Waals surface area contributed by atoms with Crippen LogP contribution in [0.1, 0.15) is 45.2 Å². The normalized spacial score (nSPS) is 13.9. The molecule has 0 saturated heterocycles. The lowest BCUT2D eigenvalue weighted by Gasteiger charge is -2.21. The molecule has 1 aromatic rings. The molecule has 0 saturated carbocycles. The lowest BCUT2D eigenvalue weighted by atomic mass is 9.87. The molecule has 0 aliphatic heterocycles. The molecular formula is C13H19Cl2N. The predicted octanol–water partition coefficient (Wildman–Crippen LogP) is 4.82. The summed E-state index contributed by atoms with van der Waals surface area (Å²) in [7, 11) is 0. The molecule has 1 atom stereocenters. The summed E-state index contributed by atoms with van der Waals surface area (Å²) in [4.78, 5) is 0. The van der Waals surface area contributed by atoms with Crippen LogP contribution in [0.5, 0.6) is 0 Å². The summed E-state index contributed by atoms with van der Waals surface area (Å²) in [5.41, 5.74) is 7.37. The summed E-state index contributed by atoms with van der Waals surface area (Å²) in [6.45, 7) is 6.62. The van der Waals surface area contributed by atoms with E-state index >= 15 is 0 Å². The number of benzene rings is 1. The van der Waals surface area contributed by atoms with Crippen molar-refractivity contribution < 1.29 is 0 Å². The molecule has 0 heterocycles. The summed E-state index contributed by atoms with van der Waals surface area (Å²) in [5.74, 6) is 0. The third kappa shape index (κ3) is 3.97. The minimum Gasteiger partial charge on any atom is -0.324 e. The molecular weight excluding hydrogens is 241 g/mol. The molecule has 1 unspecified atom stereocenters. The van der Waals surface area contributed by atoms with Crippen molar-refractivity contribution in [3.63, 3.8) is 0 Å². The molecule has 0 aromatic heterocycles. The van der Waals surface area contributed by atoms with Crippen LogP contribution in [-0.4, -0.2) is 0 Å². The molecule has 16 heavy (non-hydrogen) atoms. The minimum atomic E-state index is -0.0366. The fourth-order valence-corrected chi connectivity index (χ4v) is 2.00. The predicted molar refractivity (Wildman–Crippen MR) is 72.1 cm³/mol. The molecule has 0 radical (unpaired) electrons. The van der Waals surface area contributed by atoms with Gasteiger partial charge in [0.1, 0.15) is 0 Å². The number of nitrogens with two attached hydrogens (primary N) is 1. The summed E-state index contributed by atoms with van der Waals surface area (Å²) < 4.78 is 0. The standard InChI is InChI=1S/C13H19Cl2N/c1-13(2,3)8-7-11(16)9-5-4-6-10(14)12(9)15/h4-6,11H,7-8,16H2,1-3H3. The topological polar surface area (TPSA) is 26.0 Å². The fraction of sp³-hybridized carbons (Fsp3) is 0.538. The summed E-state index contributed by atoms with van der Waals surface area (Å²) >= 11 is 12.1. The van der Waals surface area contributed by atoms with Crippen LogP contribution in [0.4, 0.5) is 0 Å². The lowest BCUT2D eigenvalue weighted by molar-refractivity contribution is 0.350. The van der Waals surface area contributed by atoms with Crippen molar-refractivity contribution >= 4 is 23.2 Å². The highest BCUT2D eigenvalue weighted by atomic mass is 35.5. The minimum absolute atomic E-state index is 0.0366. The molecule has 0 amide bonds. The van der Waals surface area contributed by atoms with Crippen molar-refractivity contribution in [2.45, 2.75) is 39.7 Å². The number of hydrogen-bond acceptors (Lipinski definition) is 1. The monoisotopic (exact) mass is 259 g/mol. The summed E-state index contributed by atoms with van der Waals surface area (Å²) in [6.07, 6.45) is 1.99. The van der Waals surface area contributed by atoms with Gasteiger partial charge in [0.25, 0.3) is 0 Å². The van der Waals surface area contributed by atoms with Crippen molar-refractivity contribution in [3.05, 3.63) is 33.8 Å². The van der Waals surface area contributed by atoms with E-state index in [2.05, 4.69) is 20.8 Å². The Morgan fingerprint density at radius 1 is 1.25 bits per heavy atom. The zero-order valence-corrected chi connectivity index (χ0v) is 11.6. The van der Waals surface area contributed by atoms with Crippen LogP contribution in [0.3, 0.4) is 0 Å². The molecule has 0 bridgehead atoms. The van der Waals surface area contributed by atoms with E-state index in [1.165, 1.54) is 0 Å². The van der Waals surface area contributed by atoms with Gasteiger partial charge in [-0.2, -0.15) is 0 Å². The van der Waals surface area contributed by atoms with Gasteiger partial charge in [-0.1, -0.05) is 56.1 Å². The Morgan fingerprint density at radius 2 is 1.88 bits per heavy atom. The van der Waals surface area contributed by atoms with Gasteiger partial charge in [0.05, 0.1) is 10.0 Å². The van der Waals surface area contributed by atoms with Crippen LogP contribution in [0, 0.1) is 5.41 Å². The first-order valence-electron chi connectivity index (χ1n) is 5.51. The summed E-state index contributed by atoms with van der Waals surface area (Å²) in [6, 6.07) is 5.58. The maximum absolute atomic E-state index is 6.13.